The summed E-state index contributed by atoms with van der Waals surface area (Å²) < 4.78 is 0. The van der Waals surface area contributed by atoms with E-state index < -0.39 is 0 Å². The van der Waals surface area contributed by atoms with Crippen molar-refractivity contribution in [1.29, 1.82) is 0 Å². The minimum atomic E-state index is -0.238. The smallest absolute Gasteiger partial charge is 0.253 e. The molecule has 0 bridgehead atoms. The topological polar surface area (TPSA) is 78.0 Å². The van der Waals surface area contributed by atoms with Crippen LogP contribution in [-0.4, -0.2) is 71.1 Å². The Balaban J connectivity index is 1.32. The van der Waals surface area contributed by atoms with E-state index in [0.717, 1.165) is 30.6 Å². The highest BCUT2D eigenvalue weighted by molar-refractivity contribution is 6.30. The van der Waals surface area contributed by atoms with Crippen LogP contribution in [0.4, 0.5) is 0 Å². The van der Waals surface area contributed by atoms with Crippen molar-refractivity contribution in [3.8, 4) is 0 Å². The Morgan fingerprint density at radius 1 is 0.862 bits per heavy atom. The number of halogens is 1. The summed E-state index contributed by atoms with van der Waals surface area (Å²) in [6.45, 7) is 1.43. The Labute approximate surface area is 174 Å². The molecule has 7 nitrogen and oxygen atoms in total. The molecule has 29 heavy (non-hydrogen) atoms. The molecule has 8 heteroatoms. The van der Waals surface area contributed by atoms with E-state index in [2.05, 4.69) is 0 Å². The number of hydrogen-bond donors (Lipinski definition) is 0. The molecule has 0 spiro atoms. The molecule has 154 valence electrons. The first-order valence-electron chi connectivity index (χ1n) is 10.1. The summed E-state index contributed by atoms with van der Waals surface area (Å²) in [5.74, 6) is -1.18. The van der Waals surface area contributed by atoms with Gasteiger partial charge in [-0.1, -0.05) is 24.4 Å². The van der Waals surface area contributed by atoms with Crippen molar-refractivity contribution in [2.45, 2.75) is 25.7 Å². The number of benzene rings is 1. The highest BCUT2D eigenvalue weighted by Gasteiger charge is 2.48. The molecule has 1 saturated carbocycles. The van der Waals surface area contributed by atoms with E-state index >= 15 is 0 Å². The third-order valence-corrected chi connectivity index (χ3v) is 6.49. The molecule has 4 rings (SSSR count). The van der Waals surface area contributed by atoms with Crippen molar-refractivity contribution >= 4 is 35.2 Å². The zero-order valence-corrected chi connectivity index (χ0v) is 16.9. The fourth-order valence-corrected chi connectivity index (χ4v) is 4.68. The lowest BCUT2D eigenvalue weighted by Crippen LogP contribution is -2.53. The average Bonchev–Trinajstić information content (AvgIpc) is 2.99. The van der Waals surface area contributed by atoms with Gasteiger partial charge >= 0.3 is 0 Å². The van der Waals surface area contributed by atoms with Gasteiger partial charge in [0.15, 0.2) is 0 Å². The fourth-order valence-electron chi connectivity index (χ4n) is 4.56. The molecular weight excluding hydrogens is 394 g/mol. The normalized spacial score (nSPS) is 24.7. The number of carbonyl (C=O) groups is 4. The van der Waals surface area contributed by atoms with Crippen LogP contribution in [0.2, 0.25) is 5.02 Å². The molecule has 2 saturated heterocycles. The fraction of sp³-hybridized carbons (Fsp3) is 0.524. The molecule has 2 aliphatic heterocycles. The Kier molecular flexibility index (Phi) is 5.58. The molecule has 3 fully saturated rings. The van der Waals surface area contributed by atoms with E-state index in [0.29, 0.717) is 36.8 Å². The summed E-state index contributed by atoms with van der Waals surface area (Å²) in [4.78, 5) is 54.9. The Bertz CT molecular complexity index is 809. The van der Waals surface area contributed by atoms with Gasteiger partial charge in [0.1, 0.15) is 6.54 Å². The standard InChI is InChI=1S/C21H24ClN3O4/c22-15-7-5-14(6-8-15)19(27)24-11-9-23(10-12-24)18(26)13-25-20(28)16-3-1-2-4-17(16)21(25)29/h5-8,16-17H,1-4,9-13H2. The number of rotatable bonds is 3. The van der Waals surface area contributed by atoms with Crippen LogP contribution in [0.25, 0.3) is 0 Å². The number of likely N-dealkylation sites (tertiary alicyclic amines) is 1. The minimum Gasteiger partial charge on any atom is -0.338 e. The van der Waals surface area contributed by atoms with Crippen LogP contribution in [0.15, 0.2) is 24.3 Å². The van der Waals surface area contributed by atoms with Crippen molar-refractivity contribution in [2.75, 3.05) is 32.7 Å². The van der Waals surface area contributed by atoms with Gasteiger partial charge in [-0.3, -0.25) is 24.1 Å². The lowest BCUT2D eigenvalue weighted by Gasteiger charge is -2.35. The summed E-state index contributed by atoms with van der Waals surface area (Å²) in [6, 6.07) is 6.73. The molecule has 2 heterocycles. The lowest BCUT2D eigenvalue weighted by atomic mass is 9.81. The van der Waals surface area contributed by atoms with Crippen LogP contribution in [-0.2, 0) is 14.4 Å². The van der Waals surface area contributed by atoms with E-state index in [4.69, 9.17) is 11.6 Å². The lowest BCUT2D eigenvalue weighted by molar-refractivity contribution is -0.147. The Morgan fingerprint density at radius 2 is 1.38 bits per heavy atom. The van der Waals surface area contributed by atoms with Gasteiger partial charge in [0.25, 0.3) is 5.91 Å². The maximum atomic E-state index is 12.7. The summed E-state index contributed by atoms with van der Waals surface area (Å²) >= 11 is 5.87. The molecule has 0 aromatic heterocycles. The van der Waals surface area contributed by atoms with Gasteiger partial charge in [0, 0.05) is 36.8 Å². The van der Waals surface area contributed by atoms with Crippen LogP contribution in [0.1, 0.15) is 36.0 Å². The van der Waals surface area contributed by atoms with Crippen molar-refractivity contribution < 1.29 is 19.2 Å². The van der Waals surface area contributed by atoms with Gasteiger partial charge in [-0.25, -0.2) is 0 Å². The number of amides is 4. The maximum Gasteiger partial charge on any atom is 0.253 e. The van der Waals surface area contributed by atoms with Crippen molar-refractivity contribution in [1.82, 2.24) is 14.7 Å². The monoisotopic (exact) mass is 417 g/mol. The van der Waals surface area contributed by atoms with E-state index in [1.54, 1.807) is 34.1 Å². The molecular formula is C21H24ClN3O4. The van der Waals surface area contributed by atoms with Crippen LogP contribution in [0.5, 0.6) is 0 Å². The first kappa shape index (κ1) is 19.9. The largest absolute Gasteiger partial charge is 0.338 e. The molecule has 1 aromatic carbocycles. The molecule has 3 aliphatic rings. The van der Waals surface area contributed by atoms with E-state index in [9.17, 15) is 19.2 Å². The summed E-state index contributed by atoms with van der Waals surface area (Å²) in [6.07, 6.45) is 3.41. The van der Waals surface area contributed by atoms with Crippen molar-refractivity contribution in [2.24, 2.45) is 11.8 Å². The molecule has 4 amide bonds. The summed E-state index contributed by atoms with van der Waals surface area (Å²) in [5.41, 5.74) is 0.560. The molecule has 0 radical (unpaired) electrons. The third-order valence-electron chi connectivity index (χ3n) is 6.24. The molecule has 0 N–H and O–H groups in total. The first-order valence-corrected chi connectivity index (χ1v) is 10.5. The quantitative estimate of drug-likeness (QED) is 0.702. The van der Waals surface area contributed by atoms with E-state index in [1.807, 2.05) is 0 Å². The number of carbonyl (C=O) groups excluding carboxylic acids is 4. The average molecular weight is 418 g/mol. The predicted octanol–water partition coefficient (Wildman–Crippen LogP) is 1.80. The van der Waals surface area contributed by atoms with Crippen molar-refractivity contribution in [3.05, 3.63) is 34.9 Å². The van der Waals surface area contributed by atoms with E-state index in [-0.39, 0.29) is 42.0 Å². The second-order valence-electron chi connectivity index (χ2n) is 7.94. The first-order chi connectivity index (χ1) is 14.0. The summed E-state index contributed by atoms with van der Waals surface area (Å²) in [7, 11) is 0. The van der Waals surface area contributed by atoms with E-state index in [1.165, 1.54) is 0 Å². The zero-order chi connectivity index (χ0) is 20.5. The predicted molar refractivity (Wildman–Crippen MR) is 106 cm³/mol. The SMILES string of the molecule is O=C(CN1C(=O)C2CCCCC2C1=O)N1CCN(C(=O)c2ccc(Cl)cc2)CC1. The Hall–Kier alpha value is -2.41. The summed E-state index contributed by atoms with van der Waals surface area (Å²) in [5, 5.41) is 0.572. The highest BCUT2D eigenvalue weighted by Crippen LogP contribution is 2.37. The maximum absolute atomic E-state index is 12.7. The number of fused-ring (bicyclic) bond motifs is 1. The van der Waals surface area contributed by atoms with Gasteiger partial charge in [-0.05, 0) is 37.1 Å². The molecule has 1 aliphatic carbocycles. The van der Waals surface area contributed by atoms with Crippen molar-refractivity contribution in [3.63, 3.8) is 0 Å². The van der Waals surface area contributed by atoms with Crippen LogP contribution < -0.4 is 0 Å². The number of piperazine rings is 1. The van der Waals surface area contributed by atoms with Crippen LogP contribution in [0, 0.1) is 11.8 Å². The number of hydrogen-bond acceptors (Lipinski definition) is 4. The van der Waals surface area contributed by atoms with Gasteiger partial charge < -0.3 is 9.80 Å². The van der Waals surface area contributed by atoms with Gasteiger partial charge in [-0.2, -0.15) is 0 Å². The number of nitrogens with zero attached hydrogens (tertiary/aromatic N) is 3. The minimum absolute atomic E-state index is 0.0947. The highest BCUT2D eigenvalue weighted by atomic mass is 35.5. The second-order valence-corrected chi connectivity index (χ2v) is 8.38. The van der Waals surface area contributed by atoms with Crippen LogP contribution in [0.3, 0.4) is 0 Å². The molecule has 2 unspecified atom stereocenters. The molecule has 2 atom stereocenters. The van der Waals surface area contributed by atoms with Gasteiger partial charge in [-0.15, -0.1) is 0 Å². The zero-order valence-electron chi connectivity index (χ0n) is 16.2. The van der Waals surface area contributed by atoms with Gasteiger partial charge in [0.2, 0.25) is 17.7 Å². The second kappa shape index (κ2) is 8.14. The third kappa shape index (κ3) is 3.88. The Morgan fingerprint density at radius 3 is 1.93 bits per heavy atom. The van der Waals surface area contributed by atoms with Gasteiger partial charge in [0.05, 0.1) is 11.8 Å². The number of imide groups is 1. The van der Waals surface area contributed by atoms with Crippen LogP contribution >= 0.6 is 11.6 Å². The molecule has 1 aromatic rings.